The topological polar surface area (TPSA) is 81.0 Å². The fourth-order valence-electron chi connectivity index (χ4n) is 3.99. The number of carbonyl (C=O) groups is 1. The molecule has 9 heteroatoms. The van der Waals surface area contributed by atoms with E-state index >= 15 is 0 Å². The lowest BCUT2D eigenvalue weighted by atomic mass is 9.99. The van der Waals surface area contributed by atoms with Crippen molar-refractivity contribution in [3.8, 4) is 5.69 Å². The van der Waals surface area contributed by atoms with Crippen LogP contribution in [0.25, 0.3) is 5.69 Å². The number of anilines is 1. The number of rotatable bonds is 5. The van der Waals surface area contributed by atoms with Gasteiger partial charge in [-0.05, 0) is 81.6 Å². The molecule has 0 radical (unpaired) electrons. The zero-order valence-electron chi connectivity index (χ0n) is 18.2. The summed E-state index contributed by atoms with van der Waals surface area (Å²) >= 11 is 0. The number of hydrogen-bond acceptors (Lipinski definition) is 4. The van der Waals surface area contributed by atoms with E-state index in [1.54, 1.807) is 23.9 Å². The number of hydrogen-bond donors (Lipinski definition) is 2. The maximum atomic E-state index is 13.0. The Morgan fingerprint density at radius 2 is 1.91 bits per heavy atom. The molecule has 0 aliphatic carbocycles. The van der Waals surface area contributed by atoms with Crippen LogP contribution in [0.1, 0.15) is 34.6 Å². The van der Waals surface area contributed by atoms with E-state index < -0.39 is 0 Å². The molecule has 4 rings (SSSR count). The van der Waals surface area contributed by atoms with Gasteiger partial charge in [0.25, 0.3) is 11.5 Å². The average Bonchev–Trinajstić information content (AvgIpc) is 3.17. The molecule has 3 aromatic rings. The summed E-state index contributed by atoms with van der Waals surface area (Å²) in [5.41, 5.74) is 2.26. The van der Waals surface area contributed by atoms with Crippen LogP contribution in [0.5, 0.6) is 0 Å². The molecule has 0 spiro atoms. The lowest BCUT2D eigenvalue weighted by molar-refractivity contribution is 0.102. The first-order valence-electron chi connectivity index (χ1n) is 10.4. The smallest absolute Gasteiger partial charge is 0.263 e. The maximum Gasteiger partial charge on any atom is 0.263 e. The summed E-state index contributed by atoms with van der Waals surface area (Å²) in [5, 5.41) is 6.24. The number of halogens is 2. The van der Waals surface area contributed by atoms with E-state index in [4.69, 9.17) is 0 Å². The van der Waals surface area contributed by atoms with Crippen LogP contribution in [0.15, 0.2) is 53.7 Å². The van der Waals surface area contributed by atoms with Gasteiger partial charge in [0.15, 0.2) is 0 Å². The summed E-state index contributed by atoms with van der Waals surface area (Å²) in [7, 11) is 0. The monoisotopic (exact) mass is 477 g/mol. The van der Waals surface area contributed by atoms with Crippen LogP contribution in [-0.4, -0.2) is 33.1 Å². The van der Waals surface area contributed by atoms with Crippen molar-refractivity contribution in [3.05, 3.63) is 76.2 Å². The molecular formula is C23H29Cl2N5O2. The lowest BCUT2D eigenvalue weighted by Gasteiger charge is -2.23. The van der Waals surface area contributed by atoms with Crippen molar-refractivity contribution in [2.75, 3.05) is 18.4 Å². The van der Waals surface area contributed by atoms with Gasteiger partial charge in [-0.1, -0.05) is 0 Å². The number of amides is 1. The van der Waals surface area contributed by atoms with Crippen LogP contribution in [0, 0.1) is 19.8 Å². The van der Waals surface area contributed by atoms with Crippen molar-refractivity contribution >= 4 is 36.4 Å². The minimum absolute atomic E-state index is 0. The summed E-state index contributed by atoms with van der Waals surface area (Å²) in [5.74, 6) is 0.926. The van der Waals surface area contributed by atoms with Crippen LogP contribution < -0.4 is 16.2 Å². The van der Waals surface area contributed by atoms with Crippen molar-refractivity contribution in [1.29, 1.82) is 0 Å². The molecule has 172 valence electrons. The number of pyridine rings is 1. The number of nitrogens with zero attached hydrogens (tertiary/aromatic N) is 3. The van der Waals surface area contributed by atoms with Crippen molar-refractivity contribution in [1.82, 2.24) is 19.4 Å². The highest BCUT2D eigenvalue weighted by Crippen LogP contribution is 2.16. The van der Waals surface area contributed by atoms with E-state index in [1.165, 1.54) is 0 Å². The maximum absolute atomic E-state index is 13.0. The SMILES string of the molecule is Cc1ccn(CC2CCCNC2)c(=O)c1C(=O)Nc1ccc(-n2ccnc2C)cc1.Cl.Cl. The first kappa shape index (κ1) is 25.6. The number of aryl methyl sites for hydroxylation is 2. The number of carbonyl (C=O) groups excluding carboxylic acids is 1. The Balaban J connectivity index is 0.00000181. The predicted molar refractivity (Wildman–Crippen MR) is 132 cm³/mol. The molecule has 2 N–H and O–H groups in total. The molecule has 32 heavy (non-hydrogen) atoms. The molecule has 1 fully saturated rings. The summed E-state index contributed by atoms with van der Waals surface area (Å²) in [6, 6.07) is 9.33. The lowest BCUT2D eigenvalue weighted by Crippen LogP contribution is -2.36. The quantitative estimate of drug-likeness (QED) is 0.586. The Hall–Kier alpha value is -2.61. The Labute approximate surface area is 200 Å². The van der Waals surface area contributed by atoms with Gasteiger partial charge >= 0.3 is 0 Å². The van der Waals surface area contributed by atoms with E-state index in [2.05, 4.69) is 15.6 Å². The highest BCUT2D eigenvalue weighted by Gasteiger charge is 2.19. The fourth-order valence-corrected chi connectivity index (χ4v) is 3.99. The van der Waals surface area contributed by atoms with Gasteiger partial charge in [0.2, 0.25) is 0 Å². The van der Waals surface area contributed by atoms with Gasteiger partial charge in [0, 0.05) is 36.5 Å². The first-order chi connectivity index (χ1) is 14.5. The Kier molecular flexibility index (Phi) is 9.07. The number of benzene rings is 1. The van der Waals surface area contributed by atoms with E-state index in [-0.39, 0.29) is 41.8 Å². The normalized spacial score (nSPS) is 15.4. The molecule has 0 saturated carbocycles. The van der Waals surface area contributed by atoms with E-state index in [1.807, 2.05) is 48.0 Å². The Morgan fingerprint density at radius 3 is 2.53 bits per heavy atom. The zero-order chi connectivity index (χ0) is 21.1. The Bertz CT molecular complexity index is 1100. The molecule has 1 amide bonds. The number of nitrogens with one attached hydrogen (secondary N) is 2. The molecule has 1 aliphatic rings. The predicted octanol–water partition coefficient (Wildman–Crippen LogP) is 3.75. The van der Waals surface area contributed by atoms with Crippen LogP contribution in [0.3, 0.4) is 0 Å². The van der Waals surface area contributed by atoms with Gasteiger partial charge in [-0.3, -0.25) is 9.59 Å². The van der Waals surface area contributed by atoms with Crippen molar-refractivity contribution < 1.29 is 4.79 Å². The molecule has 1 aliphatic heterocycles. The molecule has 0 bridgehead atoms. The molecule has 1 atom stereocenters. The first-order valence-corrected chi connectivity index (χ1v) is 10.4. The van der Waals surface area contributed by atoms with Gasteiger partial charge in [-0.25, -0.2) is 4.98 Å². The number of aromatic nitrogens is 3. The standard InChI is InChI=1S/C23H27N5O2.2ClH/c1-16-9-12-27(15-18-4-3-10-24-14-18)23(30)21(16)22(29)26-19-5-7-20(8-6-19)28-13-11-25-17(28)2;;/h5-9,11-13,18,24H,3-4,10,14-15H2,1-2H3,(H,26,29);2*1H. The molecule has 3 heterocycles. The van der Waals surface area contributed by atoms with Gasteiger partial charge in [0.1, 0.15) is 11.4 Å². The summed E-state index contributed by atoms with van der Waals surface area (Å²) in [6.45, 7) is 6.30. The summed E-state index contributed by atoms with van der Waals surface area (Å²) < 4.78 is 3.64. The number of imidazole rings is 1. The van der Waals surface area contributed by atoms with Crippen molar-refractivity contribution in [2.45, 2.75) is 33.2 Å². The summed E-state index contributed by atoms with van der Waals surface area (Å²) in [4.78, 5) is 30.2. The van der Waals surface area contributed by atoms with Gasteiger partial charge in [-0.15, -0.1) is 24.8 Å². The largest absolute Gasteiger partial charge is 0.322 e. The zero-order valence-corrected chi connectivity index (χ0v) is 19.8. The molecule has 2 aromatic heterocycles. The van der Waals surface area contributed by atoms with Gasteiger partial charge in [0.05, 0.1) is 0 Å². The third-order valence-electron chi connectivity index (χ3n) is 5.68. The van der Waals surface area contributed by atoms with Crippen LogP contribution >= 0.6 is 24.8 Å². The third kappa shape index (κ3) is 5.59. The second-order valence-corrected chi connectivity index (χ2v) is 7.89. The third-order valence-corrected chi connectivity index (χ3v) is 5.68. The van der Waals surface area contributed by atoms with Crippen LogP contribution in [0.4, 0.5) is 5.69 Å². The number of piperidine rings is 1. The Morgan fingerprint density at radius 1 is 1.16 bits per heavy atom. The average molecular weight is 478 g/mol. The highest BCUT2D eigenvalue weighted by molar-refractivity contribution is 6.05. The van der Waals surface area contributed by atoms with Gasteiger partial charge in [-0.2, -0.15) is 0 Å². The minimum Gasteiger partial charge on any atom is -0.322 e. The van der Waals surface area contributed by atoms with E-state index in [0.717, 1.165) is 37.4 Å². The fraction of sp³-hybridized carbons (Fsp3) is 0.348. The molecule has 7 nitrogen and oxygen atoms in total. The summed E-state index contributed by atoms with van der Waals surface area (Å²) in [6.07, 6.45) is 7.65. The molecule has 1 aromatic carbocycles. The highest BCUT2D eigenvalue weighted by atomic mass is 35.5. The van der Waals surface area contributed by atoms with Crippen molar-refractivity contribution in [2.24, 2.45) is 5.92 Å². The second kappa shape index (κ2) is 11.3. The van der Waals surface area contributed by atoms with Crippen LogP contribution in [0.2, 0.25) is 0 Å². The molecule has 1 unspecified atom stereocenters. The van der Waals surface area contributed by atoms with E-state index in [0.29, 0.717) is 23.7 Å². The molecule has 1 saturated heterocycles. The van der Waals surface area contributed by atoms with E-state index in [9.17, 15) is 9.59 Å². The molecular weight excluding hydrogens is 449 g/mol. The minimum atomic E-state index is -0.375. The van der Waals surface area contributed by atoms with Crippen molar-refractivity contribution in [3.63, 3.8) is 0 Å². The second-order valence-electron chi connectivity index (χ2n) is 7.89. The van der Waals surface area contributed by atoms with Gasteiger partial charge < -0.3 is 19.8 Å². The van der Waals surface area contributed by atoms with Crippen LogP contribution in [-0.2, 0) is 6.54 Å².